The highest BCUT2D eigenvalue weighted by Gasteiger charge is 2.38. The number of aromatic nitrogens is 1. The van der Waals surface area contributed by atoms with Crippen LogP contribution in [0.5, 0.6) is 0 Å². The van der Waals surface area contributed by atoms with Gasteiger partial charge in [-0.15, -0.1) is 0 Å². The Morgan fingerprint density at radius 3 is 2.94 bits per heavy atom. The van der Waals surface area contributed by atoms with E-state index in [9.17, 15) is 5.11 Å². The molecule has 3 rings (SSSR count). The average Bonchev–Trinajstić information content (AvgIpc) is 2.70. The molecule has 0 saturated carbocycles. The quantitative estimate of drug-likeness (QED) is 0.859. The van der Waals surface area contributed by atoms with Crippen molar-refractivity contribution < 1.29 is 14.3 Å². The fourth-order valence-corrected chi connectivity index (χ4v) is 2.90. The van der Waals surface area contributed by atoms with Crippen LogP contribution in [0.4, 0.5) is 0 Å². The molecule has 1 aliphatic rings. The first kappa shape index (κ1) is 12.0. The van der Waals surface area contributed by atoms with E-state index in [4.69, 9.17) is 9.15 Å². The third-order valence-corrected chi connectivity index (χ3v) is 4.36. The summed E-state index contributed by atoms with van der Waals surface area (Å²) in [6.45, 7) is 3.43. The number of thioether (sulfide) groups is 1. The highest BCUT2D eigenvalue weighted by Crippen LogP contribution is 2.34. The Kier molecular flexibility index (Phi) is 3.05. The minimum atomic E-state index is -0.110. The van der Waals surface area contributed by atoms with Gasteiger partial charge < -0.3 is 14.3 Å². The zero-order chi connectivity index (χ0) is 12.6. The lowest BCUT2D eigenvalue weighted by Gasteiger charge is -2.39. The van der Waals surface area contributed by atoms with Gasteiger partial charge in [-0.2, -0.15) is 0 Å². The number of ether oxygens (including phenoxy) is 1. The van der Waals surface area contributed by atoms with Crippen molar-refractivity contribution in [2.45, 2.75) is 12.1 Å². The van der Waals surface area contributed by atoms with Gasteiger partial charge >= 0.3 is 0 Å². The van der Waals surface area contributed by atoms with Crippen molar-refractivity contribution in [2.24, 2.45) is 5.41 Å². The summed E-state index contributed by atoms with van der Waals surface area (Å²) in [6, 6.07) is 5.96. The van der Waals surface area contributed by atoms with Crippen LogP contribution in [0.1, 0.15) is 5.56 Å². The van der Waals surface area contributed by atoms with Gasteiger partial charge in [0.1, 0.15) is 5.52 Å². The standard InChI is InChI=1S/C13H15NO3S/c1-9-2-3-11-10(4-9)14-12(17-11)18-8-13(5-15)6-16-7-13/h2-4,15H,5-8H2,1H3. The molecule has 2 aromatic rings. The van der Waals surface area contributed by atoms with Crippen molar-refractivity contribution >= 4 is 22.9 Å². The third-order valence-electron chi connectivity index (χ3n) is 3.18. The predicted molar refractivity (Wildman–Crippen MR) is 69.8 cm³/mol. The average molecular weight is 265 g/mol. The number of rotatable bonds is 4. The maximum Gasteiger partial charge on any atom is 0.256 e. The molecule has 2 heterocycles. The first-order chi connectivity index (χ1) is 8.71. The van der Waals surface area contributed by atoms with Crippen molar-refractivity contribution in [3.63, 3.8) is 0 Å². The Balaban J connectivity index is 1.74. The van der Waals surface area contributed by atoms with Crippen molar-refractivity contribution in [3.8, 4) is 0 Å². The lowest BCUT2D eigenvalue weighted by molar-refractivity contribution is -0.121. The largest absolute Gasteiger partial charge is 0.431 e. The van der Waals surface area contributed by atoms with Crippen LogP contribution in [0.15, 0.2) is 27.8 Å². The Hall–Kier alpha value is -1.04. The number of hydrogen-bond acceptors (Lipinski definition) is 5. The van der Waals surface area contributed by atoms with Crippen LogP contribution in [0, 0.1) is 12.3 Å². The van der Waals surface area contributed by atoms with Gasteiger partial charge in [0.15, 0.2) is 5.58 Å². The number of aliphatic hydroxyl groups is 1. The van der Waals surface area contributed by atoms with Crippen LogP contribution in [0.3, 0.4) is 0 Å². The van der Waals surface area contributed by atoms with E-state index in [1.807, 2.05) is 25.1 Å². The minimum absolute atomic E-state index is 0.110. The number of nitrogens with zero attached hydrogens (tertiary/aromatic N) is 1. The van der Waals surface area contributed by atoms with Crippen molar-refractivity contribution in [2.75, 3.05) is 25.6 Å². The molecule has 1 aliphatic heterocycles. The van der Waals surface area contributed by atoms with E-state index in [0.717, 1.165) is 16.9 Å². The molecular formula is C13H15NO3S. The van der Waals surface area contributed by atoms with Crippen molar-refractivity contribution in [3.05, 3.63) is 23.8 Å². The molecule has 1 N–H and O–H groups in total. The second-order valence-corrected chi connectivity index (χ2v) is 5.82. The van der Waals surface area contributed by atoms with E-state index < -0.39 is 0 Å². The predicted octanol–water partition coefficient (Wildman–Crippen LogP) is 2.24. The van der Waals surface area contributed by atoms with Crippen molar-refractivity contribution in [1.82, 2.24) is 4.98 Å². The molecule has 18 heavy (non-hydrogen) atoms. The summed E-state index contributed by atoms with van der Waals surface area (Å²) in [6.07, 6.45) is 0. The molecule has 5 heteroatoms. The topological polar surface area (TPSA) is 55.5 Å². The molecule has 1 aromatic heterocycles. The Labute approximate surface area is 109 Å². The van der Waals surface area contributed by atoms with E-state index in [1.165, 1.54) is 5.56 Å². The molecule has 96 valence electrons. The number of aliphatic hydroxyl groups excluding tert-OH is 1. The van der Waals surface area contributed by atoms with Gasteiger partial charge in [-0.05, 0) is 24.6 Å². The second-order valence-electron chi connectivity index (χ2n) is 4.89. The van der Waals surface area contributed by atoms with E-state index in [2.05, 4.69) is 4.98 Å². The number of oxazole rings is 1. The molecular weight excluding hydrogens is 250 g/mol. The lowest BCUT2D eigenvalue weighted by Crippen LogP contribution is -2.47. The van der Waals surface area contributed by atoms with Gasteiger partial charge in [0.2, 0.25) is 0 Å². The molecule has 0 unspecified atom stereocenters. The fraction of sp³-hybridized carbons (Fsp3) is 0.462. The summed E-state index contributed by atoms with van der Waals surface area (Å²) in [4.78, 5) is 4.44. The monoisotopic (exact) mass is 265 g/mol. The second kappa shape index (κ2) is 4.57. The Morgan fingerprint density at radius 1 is 1.44 bits per heavy atom. The molecule has 1 aromatic carbocycles. The van der Waals surface area contributed by atoms with Gasteiger partial charge in [0.05, 0.1) is 19.8 Å². The summed E-state index contributed by atoms with van der Waals surface area (Å²) < 4.78 is 10.8. The smallest absolute Gasteiger partial charge is 0.256 e. The van der Waals surface area contributed by atoms with Gasteiger partial charge in [0.25, 0.3) is 5.22 Å². The van der Waals surface area contributed by atoms with Gasteiger partial charge in [0, 0.05) is 11.2 Å². The van der Waals surface area contributed by atoms with E-state index in [0.29, 0.717) is 18.4 Å². The summed E-state index contributed by atoms with van der Waals surface area (Å²) in [5, 5.41) is 10.0. The van der Waals surface area contributed by atoms with Crippen LogP contribution < -0.4 is 0 Å². The Bertz CT molecular complexity index is 557. The summed E-state index contributed by atoms with van der Waals surface area (Å²) in [5.41, 5.74) is 2.76. The normalized spacial score (nSPS) is 17.9. The molecule has 0 radical (unpaired) electrons. The first-order valence-corrected chi connectivity index (χ1v) is 6.88. The van der Waals surface area contributed by atoms with Crippen LogP contribution in [0.25, 0.3) is 11.1 Å². The zero-order valence-corrected chi connectivity index (χ0v) is 11.0. The van der Waals surface area contributed by atoms with Gasteiger partial charge in [-0.25, -0.2) is 4.98 Å². The number of hydrogen-bond donors (Lipinski definition) is 1. The van der Waals surface area contributed by atoms with Crippen LogP contribution in [-0.2, 0) is 4.74 Å². The number of fused-ring (bicyclic) bond motifs is 1. The SMILES string of the molecule is Cc1ccc2oc(SCC3(CO)COC3)nc2c1. The van der Waals surface area contributed by atoms with Crippen LogP contribution >= 0.6 is 11.8 Å². The lowest BCUT2D eigenvalue weighted by atomic mass is 9.90. The highest BCUT2D eigenvalue weighted by molar-refractivity contribution is 7.99. The van der Waals surface area contributed by atoms with Gasteiger partial charge in [-0.3, -0.25) is 0 Å². The van der Waals surface area contributed by atoms with E-state index >= 15 is 0 Å². The molecule has 0 atom stereocenters. The maximum absolute atomic E-state index is 9.35. The van der Waals surface area contributed by atoms with Crippen molar-refractivity contribution in [1.29, 1.82) is 0 Å². The fourth-order valence-electron chi connectivity index (χ4n) is 1.90. The van der Waals surface area contributed by atoms with Gasteiger partial charge in [-0.1, -0.05) is 17.8 Å². The highest BCUT2D eigenvalue weighted by atomic mass is 32.2. The molecule has 0 aliphatic carbocycles. The number of aryl methyl sites for hydroxylation is 1. The molecule has 0 spiro atoms. The molecule has 0 amide bonds. The van der Waals surface area contributed by atoms with E-state index in [-0.39, 0.29) is 12.0 Å². The summed E-state index contributed by atoms with van der Waals surface area (Å²) in [7, 11) is 0. The molecule has 1 saturated heterocycles. The summed E-state index contributed by atoms with van der Waals surface area (Å²) >= 11 is 1.54. The van der Waals surface area contributed by atoms with Crippen LogP contribution in [0.2, 0.25) is 0 Å². The molecule has 4 nitrogen and oxygen atoms in total. The zero-order valence-electron chi connectivity index (χ0n) is 10.2. The van der Waals surface area contributed by atoms with Crippen LogP contribution in [-0.4, -0.2) is 35.7 Å². The Morgan fingerprint density at radius 2 is 2.28 bits per heavy atom. The molecule has 1 fully saturated rings. The summed E-state index contributed by atoms with van der Waals surface area (Å²) in [5.74, 6) is 0.773. The minimum Gasteiger partial charge on any atom is -0.431 e. The third kappa shape index (κ3) is 2.13. The first-order valence-electron chi connectivity index (χ1n) is 5.89. The number of benzene rings is 1. The van der Waals surface area contributed by atoms with E-state index in [1.54, 1.807) is 11.8 Å². The molecule has 0 bridgehead atoms. The maximum atomic E-state index is 9.35.